The second-order valence-corrected chi connectivity index (χ2v) is 4.47. The van der Waals surface area contributed by atoms with Gasteiger partial charge in [-0.15, -0.1) is 0 Å². The van der Waals surface area contributed by atoms with E-state index in [2.05, 4.69) is 0 Å². The molecule has 0 fully saturated rings. The molecule has 0 aromatic heterocycles. The molecule has 0 bridgehead atoms. The molecule has 0 saturated heterocycles. The van der Waals surface area contributed by atoms with Crippen molar-refractivity contribution in [3.63, 3.8) is 0 Å². The molecule has 88 valence electrons. The van der Waals surface area contributed by atoms with Crippen molar-refractivity contribution in [3.05, 3.63) is 58.9 Å². The van der Waals surface area contributed by atoms with E-state index in [1.54, 1.807) is 19.1 Å². The van der Waals surface area contributed by atoms with Crippen LogP contribution in [0.25, 0.3) is 11.1 Å². The van der Waals surface area contributed by atoms with Gasteiger partial charge < -0.3 is 5.73 Å². The van der Waals surface area contributed by atoms with E-state index in [9.17, 15) is 4.39 Å². The summed E-state index contributed by atoms with van der Waals surface area (Å²) in [5, 5.41) is 0.684. The summed E-state index contributed by atoms with van der Waals surface area (Å²) in [5.74, 6) is -0.266. The van der Waals surface area contributed by atoms with E-state index in [4.69, 9.17) is 17.3 Å². The molecule has 1 unspecified atom stereocenters. The van der Waals surface area contributed by atoms with Gasteiger partial charge in [0.05, 0.1) is 0 Å². The number of nitrogens with two attached hydrogens (primary N) is 1. The van der Waals surface area contributed by atoms with Gasteiger partial charge in [-0.05, 0) is 42.3 Å². The molecule has 3 heteroatoms. The minimum Gasteiger partial charge on any atom is -0.324 e. The van der Waals surface area contributed by atoms with Crippen LogP contribution >= 0.6 is 11.6 Å². The van der Waals surface area contributed by atoms with Crippen LogP contribution in [0.4, 0.5) is 4.39 Å². The fourth-order valence-corrected chi connectivity index (χ4v) is 1.84. The van der Waals surface area contributed by atoms with Crippen LogP contribution < -0.4 is 5.73 Å². The Bertz CT molecular complexity index is 520. The first kappa shape index (κ1) is 12.1. The van der Waals surface area contributed by atoms with Gasteiger partial charge >= 0.3 is 0 Å². The van der Waals surface area contributed by atoms with Crippen LogP contribution in [0.15, 0.2) is 42.5 Å². The minimum absolute atomic E-state index is 0.266. The average Bonchev–Trinajstić information content (AvgIpc) is 2.30. The summed E-state index contributed by atoms with van der Waals surface area (Å²) in [4.78, 5) is 0. The zero-order valence-electron chi connectivity index (χ0n) is 9.45. The summed E-state index contributed by atoms with van der Waals surface area (Å²) in [6.45, 7) is 1.77. The van der Waals surface area contributed by atoms with Crippen LogP contribution in [0.5, 0.6) is 0 Å². The smallest absolute Gasteiger partial charge is 0.128 e. The van der Waals surface area contributed by atoms with Gasteiger partial charge in [0.15, 0.2) is 0 Å². The Labute approximate surface area is 105 Å². The van der Waals surface area contributed by atoms with Crippen LogP contribution in [-0.4, -0.2) is 0 Å². The lowest BCUT2D eigenvalue weighted by atomic mass is 10.00. The minimum atomic E-state index is -0.317. The highest BCUT2D eigenvalue weighted by Gasteiger charge is 2.08. The van der Waals surface area contributed by atoms with Crippen molar-refractivity contribution < 1.29 is 4.39 Å². The largest absolute Gasteiger partial charge is 0.324 e. The van der Waals surface area contributed by atoms with Crippen molar-refractivity contribution in [1.82, 2.24) is 0 Å². The number of halogens is 2. The molecule has 1 atom stereocenters. The Morgan fingerprint density at radius 1 is 1.06 bits per heavy atom. The van der Waals surface area contributed by atoms with Gasteiger partial charge in [-0.1, -0.05) is 29.8 Å². The molecular weight excluding hydrogens is 237 g/mol. The van der Waals surface area contributed by atoms with E-state index < -0.39 is 0 Å². The standard InChI is InChI=1S/C14H13ClFN/c1-9(17)13-8-11(4-7-14(13)16)10-2-5-12(15)6-3-10/h2-9H,17H2,1H3. The van der Waals surface area contributed by atoms with Gasteiger partial charge in [0.1, 0.15) is 5.82 Å². The molecule has 0 aliphatic heterocycles. The number of hydrogen-bond acceptors (Lipinski definition) is 1. The second-order valence-electron chi connectivity index (χ2n) is 4.03. The normalized spacial score (nSPS) is 12.5. The quantitative estimate of drug-likeness (QED) is 0.850. The lowest BCUT2D eigenvalue weighted by molar-refractivity contribution is 0.594. The van der Waals surface area contributed by atoms with E-state index in [1.807, 2.05) is 24.3 Å². The van der Waals surface area contributed by atoms with Gasteiger partial charge in [0.2, 0.25) is 0 Å². The summed E-state index contributed by atoms with van der Waals surface area (Å²) in [6.07, 6.45) is 0. The maximum Gasteiger partial charge on any atom is 0.128 e. The Morgan fingerprint density at radius 3 is 2.24 bits per heavy atom. The van der Waals surface area contributed by atoms with E-state index in [0.29, 0.717) is 10.6 Å². The SMILES string of the molecule is CC(N)c1cc(-c2ccc(Cl)cc2)ccc1F. The van der Waals surface area contributed by atoms with Crippen LogP contribution in [0.3, 0.4) is 0 Å². The number of rotatable bonds is 2. The predicted molar refractivity (Wildman–Crippen MR) is 69.4 cm³/mol. The summed E-state index contributed by atoms with van der Waals surface area (Å²) < 4.78 is 13.5. The Morgan fingerprint density at radius 2 is 1.65 bits per heavy atom. The van der Waals surface area contributed by atoms with Crippen molar-refractivity contribution in [2.45, 2.75) is 13.0 Å². The third kappa shape index (κ3) is 2.65. The molecule has 0 heterocycles. The maximum atomic E-state index is 13.5. The molecule has 0 radical (unpaired) electrons. The molecule has 2 aromatic rings. The lowest BCUT2D eigenvalue weighted by Crippen LogP contribution is -2.07. The molecule has 1 nitrogen and oxygen atoms in total. The molecule has 0 aliphatic carbocycles. The fourth-order valence-electron chi connectivity index (χ4n) is 1.71. The first-order chi connectivity index (χ1) is 8.08. The average molecular weight is 250 g/mol. The first-order valence-corrected chi connectivity index (χ1v) is 5.76. The van der Waals surface area contributed by atoms with Crippen LogP contribution in [-0.2, 0) is 0 Å². The zero-order valence-corrected chi connectivity index (χ0v) is 10.2. The van der Waals surface area contributed by atoms with Crippen LogP contribution in [0.1, 0.15) is 18.5 Å². The molecule has 2 rings (SSSR count). The van der Waals surface area contributed by atoms with Gasteiger partial charge in [-0.2, -0.15) is 0 Å². The fraction of sp³-hybridized carbons (Fsp3) is 0.143. The molecule has 0 amide bonds. The zero-order chi connectivity index (χ0) is 12.4. The van der Waals surface area contributed by atoms with Gasteiger partial charge in [-0.25, -0.2) is 4.39 Å². The van der Waals surface area contributed by atoms with Gasteiger partial charge in [0.25, 0.3) is 0 Å². The van der Waals surface area contributed by atoms with Crippen LogP contribution in [0, 0.1) is 5.82 Å². The van der Waals surface area contributed by atoms with Gasteiger partial charge in [0, 0.05) is 16.6 Å². The third-order valence-electron chi connectivity index (χ3n) is 2.66. The molecule has 0 spiro atoms. The van der Waals surface area contributed by atoms with Crippen LogP contribution in [0.2, 0.25) is 5.02 Å². The Hall–Kier alpha value is -1.38. The third-order valence-corrected chi connectivity index (χ3v) is 2.92. The highest BCUT2D eigenvalue weighted by Crippen LogP contribution is 2.25. The van der Waals surface area contributed by atoms with E-state index in [1.165, 1.54) is 6.07 Å². The molecule has 17 heavy (non-hydrogen) atoms. The van der Waals surface area contributed by atoms with E-state index in [0.717, 1.165) is 11.1 Å². The topological polar surface area (TPSA) is 26.0 Å². The first-order valence-electron chi connectivity index (χ1n) is 5.39. The summed E-state index contributed by atoms with van der Waals surface area (Å²) in [5.41, 5.74) is 8.19. The lowest BCUT2D eigenvalue weighted by Gasteiger charge is -2.10. The monoisotopic (exact) mass is 249 g/mol. The summed E-state index contributed by atoms with van der Waals surface area (Å²) in [6, 6.07) is 12.1. The highest BCUT2D eigenvalue weighted by atomic mass is 35.5. The molecule has 2 aromatic carbocycles. The molecule has 0 saturated carbocycles. The van der Waals surface area contributed by atoms with Crippen molar-refractivity contribution in [1.29, 1.82) is 0 Å². The number of benzene rings is 2. The summed E-state index contributed by atoms with van der Waals surface area (Å²) >= 11 is 5.83. The van der Waals surface area contributed by atoms with Crippen molar-refractivity contribution >= 4 is 11.6 Å². The molecule has 0 aliphatic rings. The Kier molecular flexibility index (Phi) is 3.46. The molecule has 2 N–H and O–H groups in total. The Balaban J connectivity index is 2.46. The van der Waals surface area contributed by atoms with E-state index in [-0.39, 0.29) is 11.9 Å². The second kappa shape index (κ2) is 4.86. The number of hydrogen-bond donors (Lipinski definition) is 1. The highest BCUT2D eigenvalue weighted by molar-refractivity contribution is 6.30. The maximum absolute atomic E-state index is 13.5. The summed E-state index contributed by atoms with van der Waals surface area (Å²) in [7, 11) is 0. The van der Waals surface area contributed by atoms with Gasteiger partial charge in [-0.3, -0.25) is 0 Å². The van der Waals surface area contributed by atoms with E-state index >= 15 is 0 Å². The van der Waals surface area contributed by atoms with Crippen molar-refractivity contribution in [3.8, 4) is 11.1 Å². The van der Waals surface area contributed by atoms with Crippen molar-refractivity contribution in [2.24, 2.45) is 5.73 Å². The molecular formula is C14H13ClFN. The van der Waals surface area contributed by atoms with Crippen molar-refractivity contribution in [2.75, 3.05) is 0 Å². The predicted octanol–water partition coefficient (Wildman–Crippen LogP) is 4.17.